The fourth-order valence-electron chi connectivity index (χ4n) is 4.09. The molecule has 2 heterocycles. The third-order valence-electron chi connectivity index (χ3n) is 5.79. The van der Waals surface area contributed by atoms with E-state index in [4.69, 9.17) is 9.47 Å². The van der Waals surface area contributed by atoms with Crippen molar-refractivity contribution in [3.05, 3.63) is 65.2 Å². The highest BCUT2D eigenvalue weighted by molar-refractivity contribution is 7.88. The Morgan fingerprint density at radius 3 is 2.56 bits per heavy atom. The Morgan fingerprint density at radius 1 is 1.16 bits per heavy atom. The first-order valence-electron chi connectivity index (χ1n) is 10.7. The molecule has 1 saturated heterocycles. The fourth-order valence-corrected chi connectivity index (χ4v) is 5.61. The molecule has 1 unspecified atom stereocenters. The number of hydrogen-bond acceptors (Lipinski definition) is 5. The van der Waals surface area contributed by atoms with Gasteiger partial charge >= 0.3 is 0 Å². The van der Waals surface area contributed by atoms with Crippen LogP contribution in [0.1, 0.15) is 23.6 Å². The summed E-state index contributed by atoms with van der Waals surface area (Å²) in [4.78, 5) is 14.4. The number of carbonyl (C=O) groups is 1. The van der Waals surface area contributed by atoms with Gasteiger partial charge in [0.1, 0.15) is 17.6 Å². The molecule has 0 aliphatic carbocycles. The fraction of sp³-hybridized carbons (Fsp3) is 0.375. The summed E-state index contributed by atoms with van der Waals surface area (Å²) in [7, 11) is -1.81. The second kappa shape index (κ2) is 9.34. The topological polar surface area (TPSA) is 76.2 Å². The molecule has 0 aromatic heterocycles. The third-order valence-corrected chi connectivity index (χ3v) is 7.64. The van der Waals surface area contributed by atoms with Crippen LogP contribution in [0.25, 0.3) is 6.08 Å². The van der Waals surface area contributed by atoms with Gasteiger partial charge < -0.3 is 14.4 Å². The summed E-state index contributed by atoms with van der Waals surface area (Å²) in [6.45, 7) is 3.33. The SMILES string of the molecule is COc1cc2c(cc1C=CC(=O)N1CCN(S(=O)(=O)Cc3ccccc3)CC1)OC(C)C2. The predicted octanol–water partition coefficient (Wildman–Crippen LogP) is 2.71. The number of amides is 1. The number of rotatable bonds is 6. The van der Waals surface area contributed by atoms with Crippen LogP contribution in [0, 0.1) is 0 Å². The summed E-state index contributed by atoms with van der Waals surface area (Å²) in [5.41, 5.74) is 2.64. The maximum Gasteiger partial charge on any atom is 0.246 e. The van der Waals surface area contributed by atoms with Crippen LogP contribution in [0.5, 0.6) is 11.5 Å². The van der Waals surface area contributed by atoms with Crippen molar-refractivity contribution in [2.24, 2.45) is 0 Å². The molecule has 8 heteroatoms. The highest BCUT2D eigenvalue weighted by Gasteiger charge is 2.28. The van der Waals surface area contributed by atoms with E-state index in [1.165, 1.54) is 10.4 Å². The zero-order valence-corrected chi connectivity index (χ0v) is 19.2. The number of sulfonamides is 1. The first-order chi connectivity index (χ1) is 15.4. The summed E-state index contributed by atoms with van der Waals surface area (Å²) in [6, 6.07) is 13.0. The van der Waals surface area contributed by atoms with Gasteiger partial charge in [0.25, 0.3) is 0 Å². The standard InChI is InChI=1S/C24H28N2O5S/c1-18-14-21-16-22(30-2)20(15-23(21)31-18)8-9-24(27)25-10-12-26(13-11-25)32(28,29)17-19-6-4-3-5-7-19/h3-9,15-16,18H,10-14,17H2,1-2H3. The number of carbonyl (C=O) groups excluding carboxylic acids is 1. The van der Waals surface area contributed by atoms with Crippen LogP contribution in [-0.2, 0) is 27.0 Å². The molecule has 1 fully saturated rings. The van der Waals surface area contributed by atoms with Crippen LogP contribution >= 0.6 is 0 Å². The van der Waals surface area contributed by atoms with E-state index < -0.39 is 10.0 Å². The number of methoxy groups -OCH3 is 1. The van der Waals surface area contributed by atoms with Gasteiger partial charge in [-0.15, -0.1) is 0 Å². The van der Waals surface area contributed by atoms with Gasteiger partial charge in [0, 0.05) is 49.8 Å². The molecule has 7 nitrogen and oxygen atoms in total. The zero-order valence-electron chi connectivity index (χ0n) is 18.4. The number of fused-ring (bicyclic) bond motifs is 1. The van der Waals surface area contributed by atoms with Crippen LogP contribution in [0.3, 0.4) is 0 Å². The van der Waals surface area contributed by atoms with E-state index in [-0.39, 0.29) is 17.8 Å². The number of benzene rings is 2. The maximum absolute atomic E-state index is 12.7. The molecule has 0 N–H and O–H groups in total. The van der Waals surface area contributed by atoms with Crippen LogP contribution in [0.4, 0.5) is 0 Å². The van der Waals surface area contributed by atoms with Crippen molar-refractivity contribution in [2.45, 2.75) is 25.2 Å². The molecule has 2 aromatic rings. The van der Waals surface area contributed by atoms with Crippen molar-refractivity contribution in [1.82, 2.24) is 9.21 Å². The lowest BCUT2D eigenvalue weighted by atomic mass is 10.1. The van der Waals surface area contributed by atoms with E-state index in [1.54, 1.807) is 30.2 Å². The number of hydrogen-bond donors (Lipinski definition) is 0. The van der Waals surface area contributed by atoms with Crippen LogP contribution in [0.2, 0.25) is 0 Å². The lowest BCUT2D eigenvalue weighted by molar-refractivity contribution is -0.127. The molecule has 32 heavy (non-hydrogen) atoms. The van der Waals surface area contributed by atoms with E-state index in [2.05, 4.69) is 0 Å². The summed E-state index contributed by atoms with van der Waals surface area (Å²) in [5.74, 6) is 1.34. The summed E-state index contributed by atoms with van der Waals surface area (Å²) in [6.07, 6.45) is 4.21. The normalized spacial score (nSPS) is 19.1. The van der Waals surface area contributed by atoms with Gasteiger partial charge in [-0.1, -0.05) is 30.3 Å². The first kappa shape index (κ1) is 22.4. The Bertz CT molecular complexity index is 1110. The van der Waals surface area contributed by atoms with Crippen molar-refractivity contribution >= 4 is 22.0 Å². The van der Waals surface area contributed by atoms with Gasteiger partial charge in [-0.3, -0.25) is 4.79 Å². The monoisotopic (exact) mass is 456 g/mol. The van der Waals surface area contributed by atoms with E-state index in [0.717, 1.165) is 28.9 Å². The lowest BCUT2D eigenvalue weighted by Gasteiger charge is -2.33. The average Bonchev–Trinajstić information content (AvgIpc) is 3.16. The van der Waals surface area contributed by atoms with E-state index >= 15 is 0 Å². The quantitative estimate of drug-likeness (QED) is 0.625. The van der Waals surface area contributed by atoms with Crippen LogP contribution in [0.15, 0.2) is 48.5 Å². The van der Waals surface area contributed by atoms with Gasteiger partial charge in [-0.05, 0) is 30.7 Å². The van der Waals surface area contributed by atoms with Gasteiger partial charge in [0.2, 0.25) is 15.9 Å². The summed E-state index contributed by atoms with van der Waals surface area (Å²) in [5, 5.41) is 0. The smallest absolute Gasteiger partial charge is 0.246 e. The molecule has 0 radical (unpaired) electrons. The summed E-state index contributed by atoms with van der Waals surface area (Å²) >= 11 is 0. The minimum atomic E-state index is -3.41. The molecule has 2 aliphatic rings. The van der Waals surface area contributed by atoms with Crippen LogP contribution < -0.4 is 9.47 Å². The van der Waals surface area contributed by atoms with Crippen molar-refractivity contribution in [3.63, 3.8) is 0 Å². The Morgan fingerprint density at radius 2 is 1.88 bits per heavy atom. The van der Waals surface area contributed by atoms with E-state index in [1.807, 2.05) is 37.3 Å². The second-order valence-corrected chi connectivity index (χ2v) is 10.1. The Labute approximate surface area is 189 Å². The average molecular weight is 457 g/mol. The minimum Gasteiger partial charge on any atom is -0.496 e. The lowest BCUT2D eigenvalue weighted by Crippen LogP contribution is -2.50. The predicted molar refractivity (Wildman–Crippen MR) is 123 cm³/mol. The van der Waals surface area contributed by atoms with Gasteiger partial charge in [-0.25, -0.2) is 8.42 Å². The molecule has 1 atom stereocenters. The first-order valence-corrected chi connectivity index (χ1v) is 12.3. The molecule has 2 aliphatic heterocycles. The van der Waals surface area contributed by atoms with Gasteiger partial charge in [-0.2, -0.15) is 4.31 Å². The molecule has 0 bridgehead atoms. The summed E-state index contributed by atoms with van der Waals surface area (Å²) < 4.78 is 38.2. The zero-order chi connectivity index (χ0) is 22.7. The van der Waals surface area contributed by atoms with Crippen molar-refractivity contribution in [2.75, 3.05) is 33.3 Å². The largest absolute Gasteiger partial charge is 0.496 e. The molecule has 1 amide bonds. The molecular weight excluding hydrogens is 428 g/mol. The molecule has 0 spiro atoms. The van der Waals surface area contributed by atoms with Crippen molar-refractivity contribution < 1.29 is 22.7 Å². The van der Waals surface area contributed by atoms with E-state index in [9.17, 15) is 13.2 Å². The molecular formula is C24H28N2O5S. The van der Waals surface area contributed by atoms with Gasteiger partial charge in [0.15, 0.2) is 0 Å². The third kappa shape index (κ3) is 4.97. The van der Waals surface area contributed by atoms with Crippen molar-refractivity contribution in [1.29, 1.82) is 0 Å². The highest BCUT2D eigenvalue weighted by Crippen LogP contribution is 2.35. The molecule has 0 saturated carbocycles. The van der Waals surface area contributed by atoms with Crippen LogP contribution in [-0.4, -0.2) is 62.9 Å². The molecule has 4 rings (SSSR count). The number of nitrogens with zero attached hydrogens (tertiary/aromatic N) is 2. The Kier molecular flexibility index (Phi) is 6.53. The highest BCUT2D eigenvalue weighted by atomic mass is 32.2. The minimum absolute atomic E-state index is 0.0273. The Hall–Kier alpha value is -2.84. The number of ether oxygens (including phenoxy) is 2. The molecule has 170 valence electrons. The molecule has 2 aromatic carbocycles. The number of piperazine rings is 1. The Balaban J connectivity index is 1.37. The maximum atomic E-state index is 12.7. The van der Waals surface area contributed by atoms with Crippen molar-refractivity contribution in [3.8, 4) is 11.5 Å². The second-order valence-electron chi connectivity index (χ2n) is 8.13. The van der Waals surface area contributed by atoms with Gasteiger partial charge in [0.05, 0.1) is 12.9 Å². The van der Waals surface area contributed by atoms with E-state index in [0.29, 0.717) is 31.9 Å².